The van der Waals surface area contributed by atoms with Crippen LogP contribution in [0.5, 0.6) is 5.88 Å². The first-order chi connectivity index (χ1) is 8.31. The van der Waals surface area contributed by atoms with Crippen molar-refractivity contribution in [2.24, 2.45) is 0 Å². The lowest BCUT2D eigenvalue weighted by atomic mass is 10.2. The summed E-state index contributed by atoms with van der Waals surface area (Å²) < 4.78 is 5.44. The van der Waals surface area contributed by atoms with E-state index in [0.29, 0.717) is 18.2 Å². The molecule has 0 atom stereocenters. The van der Waals surface area contributed by atoms with Gasteiger partial charge in [-0.2, -0.15) is 4.98 Å². The van der Waals surface area contributed by atoms with Crippen molar-refractivity contribution < 1.29 is 4.74 Å². The van der Waals surface area contributed by atoms with E-state index in [1.165, 1.54) is 25.7 Å². The molecule has 1 aliphatic heterocycles. The van der Waals surface area contributed by atoms with Gasteiger partial charge in [-0.1, -0.05) is 12.8 Å². The Morgan fingerprint density at radius 3 is 2.59 bits per heavy atom. The van der Waals surface area contributed by atoms with E-state index in [1.54, 1.807) is 0 Å². The number of aromatic nitrogens is 1. The summed E-state index contributed by atoms with van der Waals surface area (Å²) in [6.07, 6.45) is 5.14. The van der Waals surface area contributed by atoms with Gasteiger partial charge in [0.05, 0.1) is 12.3 Å². The lowest BCUT2D eigenvalue weighted by Gasteiger charge is -2.22. The van der Waals surface area contributed by atoms with Crippen LogP contribution in [0, 0.1) is 0 Å². The van der Waals surface area contributed by atoms with E-state index in [2.05, 4.69) is 9.88 Å². The van der Waals surface area contributed by atoms with Crippen LogP contribution in [0.1, 0.15) is 32.6 Å². The molecule has 2 rings (SSSR count). The highest BCUT2D eigenvalue weighted by atomic mass is 16.5. The third kappa shape index (κ3) is 3.02. The highest BCUT2D eigenvalue weighted by Crippen LogP contribution is 2.24. The topological polar surface area (TPSA) is 51.4 Å². The molecule has 1 fully saturated rings. The minimum absolute atomic E-state index is 0.564. The molecule has 17 heavy (non-hydrogen) atoms. The van der Waals surface area contributed by atoms with Crippen molar-refractivity contribution in [1.82, 2.24) is 4.98 Å². The Labute approximate surface area is 103 Å². The molecule has 4 nitrogen and oxygen atoms in total. The monoisotopic (exact) mass is 235 g/mol. The van der Waals surface area contributed by atoms with E-state index in [0.717, 1.165) is 18.9 Å². The van der Waals surface area contributed by atoms with E-state index in [-0.39, 0.29) is 0 Å². The molecule has 0 unspecified atom stereocenters. The van der Waals surface area contributed by atoms with Crippen molar-refractivity contribution in [3.63, 3.8) is 0 Å². The molecule has 1 saturated heterocycles. The van der Waals surface area contributed by atoms with E-state index in [9.17, 15) is 0 Å². The maximum Gasteiger partial charge on any atom is 0.239 e. The fourth-order valence-corrected chi connectivity index (χ4v) is 2.17. The molecule has 4 heteroatoms. The molecule has 94 valence electrons. The van der Waals surface area contributed by atoms with E-state index < -0.39 is 0 Å². The second kappa shape index (κ2) is 5.75. The summed E-state index contributed by atoms with van der Waals surface area (Å²) in [4.78, 5) is 6.83. The Kier molecular flexibility index (Phi) is 4.07. The van der Waals surface area contributed by atoms with Crippen molar-refractivity contribution in [3.05, 3.63) is 12.1 Å². The average molecular weight is 235 g/mol. The number of pyridine rings is 1. The molecule has 0 aromatic carbocycles. The molecule has 2 heterocycles. The molecule has 0 aliphatic carbocycles. The lowest BCUT2D eigenvalue weighted by Crippen LogP contribution is -2.25. The van der Waals surface area contributed by atoms with E-state index in [4.69, 9.17) is 10.5 Å². The highest BCUT2D eigenvalue weighted by molar-refractivity contribution is 5.54. The van der Waals surface area contributed by atoms with Crippen LogP contribution < -0.4 is 15.4 Å². The number of hydrogen-bond donors (Lipinski definition) is 1. The first kappa shape index (κ1) is 12.0. The summed E-state index contributed by atoms with van der Waals surface area (Å²) in [5.74, 6) is 1.55. The maximum absolute atomic E-state index is 5.83. The van der Waals surface area contributed by atoms with Crippen LogP contribution in [0.3, 0.4) is 0 Å². The summed E-state index contributed by atoms with van der Waals surface area (Å²) in [6.45, 7) is 4.71. The Balaban J connectivity index is 2.16. The minimum Gasteiger partial charge on any atom is -0.476 e. The smallest absolute Gasteiger partial charge is 0.239 e. The molecule has 0 bridgehead atoms. The van der Waals surface area contributed by atoms with E-state index >= 15 is 0 Å². The summed E-state index contributed by atoms with van der Waals surface area (Å²) in [5.41, 5.74) is 6.45. The summed E-state index contributed by atoms with van der Waals surface area (Å²) >= 11 is 0. The predicted octanol–water partition coefficient (Wildman–Crippen LogP) is 2.44. The number of hydrogen-bond acceptors (Lipinski definition) is 4. The number of anilines is 2. The second-order valence-corrected chi connectivity index (χ2v) is 4.40. The normalized spacial score (nSPS) is 16.6. The van der Waals surface area contributed by atoms with Crippen molar-refractivity contribution in [2.45, 2.75) is 32.6 Å². The number of ether oxygens (including phenoxy) is 1. The Bertz CT molecular complexity index is 360. The zero-order valence-electron chi connectivity index (χ0n) is 10.5. The van der Waals surface area contributed by atoms with Crippen molar-refractivity contribution in [3.8, 4) is 5.88 Å². The van der Waals surface area contributed by atoms with Crippen LogP contribution in [-0.4, -0.2) is 24.7 Å². The van der Waals surface area contributed by atoms with Crippen LogP contribution in [-0.2, 0) is 0 Å². The summed E-state index contributed by atoms with van der Waals surface area (Å²) in [7, 11) is 0. The zero-order valence-corrected chi connectivity index (χ0v) is 10.5. The Morgan fingerprint density at radius 1 is 1.24 bits per heavy atom. The van der Waals surface area contributed by atoms with Gasteiger partial charge in [-0.25, -0.2) is 0 Å². The van der Waals surface area contributed by atoms with Gasteiger partial charge in [0.25, 0.3) is 0 Å². The Hall–Kier alpha value is -1.45. The first-order valence-electron chi connectivity index (χ1n) is 6.45. The van der Waals surface area contributed by atoms with Crippen LogP contribution in [0.2, 0.25) is 0 Å². The molecule has 0 saturated carbocycles. The molecular formula is C13H21N3O. The largest absolute Gasteiger partial charge is 0.476 e. The van der Waals surface area contributed by atoms with Crippen LogP contribution in [0.4, 0.5) is 11.5 Å². The van der Waals surface area contributed by atoms with Gasteiger partial charge in [0.2, 0.25) is 5.88 Å². The van der Waals surface area contributed by atoms with Gasteiger partial charge < -0.3 is 15.4 Å². The number of nitrogens with two attached hydrogens (primary N) is 1. The average Bonchev–Trinajstić information content (AvgIpc) is 2.61. The third-order valence-electron chi connectivity index (χ3n) is 3.09. The van der Waals surface area contributed by atoms with Gasteiger partial charge >= 0.3 is 0 Å². The fraction of sp³-hybridized carbons (Fsp3) is 0.615. The van der Waals surface area contributed by atoms with Crippen molar-refractivity contribution in [1.29, 1.82) is 0 Å². The standard InChI is InChI=1S/C13H21N3O/c1-2-17-13-11(14)7-8-12(15-13)16-9-5-3-4-6-10-16/h7-8H,2-6,9-10,14H2,1H3. The second-order valence-electron chi connectivity index (χ2n) is 4.40. The van der Waals surface area contributed by atoms with Crippen molar-refractivity contribution in [2.75, 3.05) is 30.3 Å². The van der Waals surface area contributed by atoms with Gasteiger partial charge in [0.1, 0.15) is 5.82 Å². The zero-order chi connectivity index (χ0) is 12.1. The summed E-state index contributed by atoms with van der Waals surface area (Å²) in [5, 5.41) is 0. The van der Waals surface area contributed by atoms with E-state index in [1.807, 2.05) is 19.1 Å². The van der Waals surface area contributed by atoms with Crippen LogP contribution in [0.25, 0.3) is 0 Å². The predicted molar refractivity (Wildman–Crippen MR) is 70.5 cm³/mol. The SMILES string of the molecule is CCOc1nc(N2CCCCCC2)ccc1N. The molecular weight excluding hydrogens is 214 g/mol. The minimum atomic E-state index is 0.564. The fourth-order valence-electron chi connectivity index (χ4n) is 2.17. The molecule has 0 radical (unpaired) electrons. The first-order valence-corrected chi connectivity index (χ1v) is 6.45. The van der Waals surface area contributed by atoms with Gasteiger partial charge in [-0.15, -0.1) is 0 Å². The third-order valence-corrected chi connectivity index (χ3v) is 3.09. The molecule has 0 amide bonds. The summed E-state index contributed by atoms with van der Waals surface area (Å²) in [6, 6.07) is 3.88. The van der Waals surface area contributed by atoms with Gasteiger partial charge in [0.15, 0.2) is 0 Å². The Morgan fingerprint density at radius 2 is 1.94 bits per heavy atom. The molecule has 1 aliphatic rings. The van der Waals surface area contributed by atoms with Crippen LogP contribution >= 0.6 is 0 Å². The molecule has 1 aromatic rings. The molecule has 0 spiro atoms. The van der Waals surface area contributed by atoms with Crippen LogP contribution in [0.15, 0.2) is 12.1 Å². The van der Waals surface area contributed by atoms with Crippen molar-refractivity contribution >= 4 is 11.5 Å². The number of nitrogen functional groups attached to an aromatic ring is 1. The van der Waals surface area contributed by atoms with Gasteiger partial charge in [-0.05, 0) is 31.9 Å². The maximum atomic E-state index is 5.83. The van der Waals surface area contributed by atoms with Gasteiger partial charge in [-0.3, -0.25) is 0 Å². The van der Waals surface area contributed by atoms with Gasteiger partial charge in [0, 0.05) is 13.1 Å². The quantitative estimate of drug-likeness (QED) is 0.874. The number of nitrogens with zero attached hydrogens (tertiary/aromatic N) is 2. The lowest BCUT2D eigenvalue weighted by molar-refractivity contribution is 0.329. The molecule has 1 aromatic heterocycles. The number of rotatable bonds is 3. The molecule has 2 N–H and O–H groups in total. The highest BCUT2D eigenvalue weighted by Gasteiger charge is 2.13.